The molecular formula is C17H24F2N6O. The Hall–Kier alpha value is -2.71. The van der Waals surface area contributed by atoms with Gasteiger partial charge in [0.1, 0.15) is 18.4 Å². The van der Waals surface area contributed by atoms with Crippen LogP contribution < -0.4 is 10.1 Å². The van der Waals surface area contributed by atoms with Gasteiger partial charge < -0.3 is 19.5 Å². The van der Waals surface area contributed by atoms with Crippen LogP contribution in [0.5, 0.6) is 5.75 Å². The third kappa shape index (κ3) is 6.66. The van der Waals surface area contributed by atoms with Gasteiger partial charge in [0.05, 0.1) is 0 Å². The van der Waals surface area contributed by atoms with E-state index < -0.39 is 6.61 Å². The predicted octanol–water partition coefficient (Wildman–Crippen LogP) is 2.37. The van der Waals surface area contributed by atoms with Crippen molar-refractivity contribution in [2.24, 2.45) is 4.99 Å². The minimum absolute atomic E-state index is 0.155. The van der Waals surface area contributed by atoms with Crippen molar-refractivity contribution < 1.29 is 13.5 Å². The van der Waals surface area contributed by atoms with Gasteiger partial charge in [-0.2, -0.15) is 8.78 Å². The van der Waals surface area contributed by atoms with E-state index >= 15 is 0 Å². The highest BCUT2D eigenvalue weighted by molar-refractivity contribution is 5.79. The Morgan fingerprint density at radius 2 is 1.92 bits per heavy atom. The summed E-state index contributed by atoms with van der Waals surface area (Å²) in [6.07, 6.45) is 5.41. The van der Waals surface area contributed by atoms with E-state index in [0.29, 0.717) is 6.54 Å². The summed E-state index contributed by atoms with van der Waals surface area (Å²) in [5.74, 6) is 0.934. The van der Waals surface area contributed by atoms with Gasteiger partial charge in [0.25, 0.3) is 0 Å². The Kier molecular flexibility index (Phi) is 7.78. The smallest absolute Gasteiger partial charge is 0.387 e. The number of ether oxygens (including phenoxy) is 1. The maximum atomic E-state index is 12.2. The number of aryl methyl sites for hydroxylation is 1. The number of aromatic nitrogens is 3. The average molecular weight is 366 g/mol. The first-order valence-electron chi connectivity index (χ1n) is 8.36. The molecule has 1 aromatic carbocycles. The fourth-order valence-corrected chi connectivity index (χ4v) is 2.47. The van der Waals surface area contributed by atoms with Crippen LogP contribution in [0.1, 0.15) is 18.4 Å². The number of unbranched alkanes of at least 4 members (excludes halogenated alkanes) is 1. The lowest BCUT2D eigenvalue weighted by Crippen LogP contribution is -2.38. The summed E-state index contributed by atoms with van der Waals surface area (Å²) in [5, 5.41) is 10.9. The van der Waals surface area contributed by atoms with Crippen LogP contribution in [0.2, 0.25) is 0 Å². The maximum absolute atomic E-state index is 12.2. The van der Waals surface area contributed by atoms with Crippen molar-refractivity contribution in [1.82, 2.24) is 25.0 Å². The summed E-state index contributed by atoms with van der Waals surface area (Å²) in [4.78, 5) is 6.25. The quantitative estimate of drug-likeness (QED) is 0.419. The van der Waals surface area contributed by atoms with Gasteiger partial charge in [0.2, 0.25) is 0 Å². The van der Waals surface area contributed by atoms with Crippen LogP contribution in [0.3, 0.4) is 0 Å². The second kappa shape index (κ2) is 10.3. The third-order valence-electron chi connectivity index (χ3n) is 3.73. The van der Waals surface area contributed by atoms with Crippen LogP contribution in [-0.4, -0.2) is 52.9 Å². The molecule has 0 aliphatic heterocycles. The number of alkyl halides is 2. The predicted molar refractivity (Wildman–Crippen MR) is 95.2 cm³/mol. The van der Waals surface area contributed by atoms with Gasteiger partial charge in [0.15, 0.2) is 5.96 Å². The van der Waals surface area contributed by atoms with Crippen LogP contribution in [0.25, 0.3) is 0 Å². The fraction of sp³-hybridized carbons (Fsp3) is 0.471. The Morgan fingerprint density at radius 1 is 1.23 bits per heavy atom. The first kappa shape index (κ1) is 19.6. The second-order valence-corrected chi connectivity index (χ2v) is 5.76. The van der Waals surface area contributed by atoms with Crippen molar-refractivity contribution in [3.05, 3.63) is 42.5 Å². The first-order chi connectivity index (χ1) is 12.6. The first-order valence-corrected chi connectivity index (χ1v) is 8.36. The van der Waals surface area contributed by atoms with Gasteiger partial charge in [-0.1, -0.05) is 12.1 Å². The Morgan fingerprint density at radius 3 is 2.54 bits per heavy atom. The van der Waals surface area contributed by atoms with Crippen molar-refractivity contribution in [3.8, 4) is 5.75 Å². The molecule has 1 heterocycles. The lowest BCUT2D eigenvalue weighted by molar-refractivity contribution is -0.0498. The number of nitrogens with zero attached hydrogens (tertiary/aromatic N) is 5. The summed E-state index contributed by atoms with van der Waals surface area (Å²) in [6, 6.07) is 6.61. The van der Waals surface area contributed by atoms with Gasteiger partial charge in [-0.25, -0.2) is 0 Å². The molecule has 1 N–H and O–H groups in total. The molecule has 0 aliphatic rings. The summed E-state index contributed by atoms with van der Waals surface area (Å²) < 4.78 is 30.6. The van der Waals surface area contributed by atoms with E-state index in [1.165, 1.54) is 12.1 Å². The molecule has 0 saturated heterocycles. The van der Waals surface area contributed by atoms with E-state index in [1.54, 1.807) is 31.8 Å². The molecule has 0 atom stereocenters. The normalized spacial score (nSPS) is 11.7. The zero-order valence-electron chi connectivity index (χ0n) is 15.0. The summed E-state index contributed by atoms with van der Waals surface area (Å²) >= 11 is 0. The zero-order chi connectivity index (χ0) is 18.8. The van der Waals surface area contributed by atoms with Crippen LogP contribution in [0, 0.1) is 0 Å². The molecule has 0 aliphatic carbocycles. The molecular weight excluding hydrogens is 342 g/mol. The Labute approximate surface area is 151 Å². The highest BCUT2D eigenvalue weighted by Gasteiger charge is 2.08. The molecule has 26 heavy (non-hydrogen) atoms. The van der Waals surface area contributed by atoms with Crippen LogP contribution in [0.15, 0.2) is 41.9 Å². The van der Waals surface area contributed by atoms with Crippen LogP contribution >= 0.6 is 0 Å². The van der Waals surface area contributed by atoms with E-state index in [4.69, 9.17) is 0 Å². The Balaban J connectivity index is 1.72. The van der Waals surface area contributed by atoms with E-state index in [2.05, 4.69) is 25.2 Å². The monoisotopic (exact) mass is 366 g/mol. The van der Waals surface area contributed by atoms with Gasteiger partial charge in [-0.3, -0.25) is 4.99 Å². The fourth-order valence-electron chi connectivity index (χ4n) is 2.47. The van der Waals surface area contributed by atoms with Gasteiger partial charge in [-0.05, 0) is 30.5 Å². The molecule has 142 valence electrons. The summed E-state index contributed by atoms with van der Waals surface area (Å²) in [6.45, 7) is -0.511. The van der Waals surface area contributed by atoms with Crippen molar-refractivity contribution in [2.45, 2.75) is 32.5 Å². The highest BCUT2D eigenvalue weighted by Crippen LogP contribution is 2.15. The van der Waals surface area contributed by atoms with Crippen LogP contribution in [0.4, 0.5) is 8.78 Å². The molecule has 0 spiro atoms. The van der Waals surface area contributed by atoms with Crippen molar-refractivity contribution >= 4 is 5.96 Å². The molecule has 0 fully saturated rings. The number of hydrogen-bond acceptors (Lipinski definition) is 4. The molecule has 1 aromatic heterocycles. The summed E-state index contributed by atoms with van der Waals surface area (Å²) in [7, 11) is 3.66. The molecule has 7 nitrogen and oxygen atoms in total. The van der Waals surface area contributed by atoms with Crippen molar-refractivity contribution in [2.75, 3.05) is 20.6 Å². The molecule has 0 amide bonds. The number of hydrogen-bond donors (Lipinski definition) is 1. The van der Waals surface area contributed by atoms with Crippen molar-refractivity contribution in [1.29, 1.82) is 0 Å². The van der Waals surface area contributed by atoms with E-state index in [9.17, 15) is 8.78 Å². The lowest BCUT2D eigenvalue weighted by atomic mass is 10.2. The third-order valence-corrected chi connectivity index (χ3v) is 3.73. The average Bonchev–Trinajstić information content (AvgIpc) is 3.12. The molecule has 0 unspecified atom stereocenters. The van der Waals surface area contributed by atoms with Crippen molar-refractivity contribution in [3.63, 3.8) is 0 Å². The minimum Gasteiger partial charge on any atom is -0.435 e. The van der Waals surface area contributed by atoms with E-state index in [-0.39, 0.29) is 5.75 Å². The topological polar surface area (TPSA) is 67.6 Å². The van der Waals surface area contributed by atoms with Gasteiger partial charge in [-0.15, -0.1) is 10.2 Å². The van der Waals surface area contributed by atoms with E-state index in [0.717, 1.165) is 37.5 Å². The van der Waals surface area contributed by atoms with Gasteiger partial charge >= 0.3 is 6.61 Å². The van der Waals surface area contributed by atoms with E-state index in [1.807, 2.05) is 16.5 Å². The largest absolute Gasteiger partial charge is 0.435 e. The molecule has 0 saturated carbocycles. The number of benzene rings is 1. The lowest BCUT2D eigenvalue weighted by Gasteiger charge is -2.22. The SMILES string of the molecule is CN=C(NCCCCn1cnnc1)N(C)Cc1ccc(OC(F)F)cc1. The minimum atomic E-state index is -2.81. The molecule has 0 radical (unpaired) electrons. The second-order valence-electron chi connectivity index (χ2n) is 5.76. The number of halogens is 2. The number of aliphatic imine (C=N–C) groups is 1. The zero-order valence-corrected chi connectivity index (χ0v) is 15.0. The number of guanidine groups is 1. The molecule has 9 heteroatoms. The standard InChI is InChI=1S/C17H24F2N6O/c1-20-17(21-9-3-4-10-25-12-22-23-13-25)24(2)11-14-5-7-15(8-6-14)26-16(18)19/h5-8,12-13,16H,3-4,9-11H2,1-2H3,(H,20,21). The number of nitrogens with one attached hydrogen (secondary N) is 1. The molecule has 2 aromatic rings. The highest BCUT2D eigenvalue weighted by atomic mass is 19.3. The number of rotatable bonds is 9. The van der Waals surface area contributed by atoms with Gasteiger partial charge in [0, 0.05) is 33.7 Å². The van der Waals surface area contributed by atoms with Crippen LogP contribution in [-0.2, 0) is 13.1 Å². The Bertz CT molecular complexity index is 660. The molecule has 0 bridgehead atoms. The maximum Gasteiger partial charge on any atom is 0.387 e. The molecule has 2 rings (SSSR count). The summed E-state index contributed by atoms with van der Waals surface area (Å²) in [5.41, 5.74) is 0.977.